The monoisotopic (exact) mass is 221 g/mol. The molecule has 0 amide bonds. The molecule has 0 atom stereocenters. The summed E-state index contributed by atoms with van der Waals surface area (Å²) in [5.41, 5.74) is 3.17. The molecular formula is C13H9N4. The fourth-order valence-electron chi connectivity index (χ4n) is 1.69. The van der Waals surface area contributed by atoms with Crippen LogP contribution >= 0.6 is 0 Å². The van der Waals surface area contributed by atoms with Gasteiger partial charge in [-0.2, -0.15) is 0 Å². The van der Waals surface area contributed by atoms with Crippen molar-refractivity contribution in [2.24, 2.45) is 0 Å². The molecule has 0 fully saturated rings. The topological polar surface area (TPSA) is 54.5 Å². The average molecular weight is 221 g/mol. The maximum Gasteiger partial charge on any atom is 0.179 e. The van der Waals surface area contributed by atoms with Gasteiger partial charge in [-0.3, -0.25) is 0 Å². The van der Waals surface area contributed by atoms with E-state index in [1.165, 1.54) is 0 Å². The van der Waals surface area contributed by atoms with Crippen molar-refractivity contribution in [3.63, 3.8) is 0 Å². The average Bonchev–Trinajstić information content (AvgIpc) is 2.94. The number of H-pyrrole nitrogens is 1. The summed E-state index contributed by atoms with van der Waals surface area (Å²) in [7, 11) is 0. The second kappa shape index (κ2) is 4.17. The Balaban J connectivity index is 2.06. The molecule has 0 spiro atoms. The summed E-state index contributed by atoms with van der Waals surface area (Å²) in [6.07, 6.45) is 0. The first-order valence-electron chi connectivity index (χ1n) is 5.24. The summed E-state index contributed by atoms with van der Waals surface area (Å²) in [5.74, 6) is 0.652. The molecule has 81 valence electrons. The number of hydrogen-bond donors (Lipinski definition) is 1. The zero-order valence-corrected chi connectivity index (χ0v) is 8.96. The Morgan fingerprint density at radius 1 is 0.941 bits per heavy atom. The predicted octanol–water partition coefficient (Wildman–Crippen LogP) is 2.33. The molecule has 1 N–H and O–H groups in total. The number of aromatic nitrogens is 4. The number of nitrogens with one attached hydrogen (secondary N) is 1. The van der Waals surface area contributed by atoms with Crippen molar-refractivity contribution in [2.45, 2.75) is 0 Å². The standard InChI is InChI=1S/C13H9N4/c1-2-5-10(6-3-1)11-7-4-8-12(9-11)13-14-16-17-15-13/h1-3,5-9H,(H,14,15,16,17). The van der Waals surface area contributed by atoms with E-state index < -0.39 is 0 Å². The van der Waals surface area contributed by atoms with Gasteiger partial charge in [0.25, 0.3) is 0 Å². The van der Waals surface area contributed by atoms with Crippen LogP contribution in [0.15, 0.2) is 48.5 Å². The number of nitrogens with zero attached hydrogens (tertiary/aromatic N) is 3. The second-order valence-corrected chi connectivity index (χ2v) is 3.63. The second-order valence-electron chi connectivity index (χ2n) is 3.63. The Hall–Kier alpha value is -2.49. The van der Waals surface area contributed by atoms with Crippen LogP contribution in [0, 0.1) is 6.07 Å². The lowest BCUT2D eigenvalue weighted by Gasteiger charge is -2.02. The highest BCUT2D eigenvalue weighted by atomic mass is 15.5. The Kier molecular flexibility index (Phi) is 2.38. The molecule has 0 aliphatic rings. The molecule has 0 aliphatic carbocycles. The van der Waals surface area contributed by atoms with Crippen LogP contribution in [0.2, 0.25) is 0 Å². The zero-order valence-electron chi connectivity index (χ0n) is 8.96. The number of hydrogen-bond acceptors (Lipinski definition) is 3. The molecule has 3 rings (SSSR count). The van der Waals surface area contributed by atoms with Crippen molar-refractivity contribution in [1.29, 1.82) is 0 Å². The molecule has 0 saturated heterocycles. The van der Waals surface area contributed by atoms with E-state index in [2.05, 4.69) is 38.8 Å². The van der Waals surface area contributed by atoms with Crippen molar-refractivity contribution >= 4 is 0 Å². The van der Waals surface area contributed by atoms with E-state index in [0.717, 1.165) is 16.7 Å². The van der Waals surface area contributed by atoms with E-state index in [4.69, 9.17) is 0 Å². The number of benzene rings is 2. The lowest BCUT2D eigenvalue weighted by Crippen LogP contribution is -1.83. The largest absolute Gasteiger partial charge is 0.239 e. The predicted molar refractivity (Wildman–Crippen MR) is 63.9 cm³/mol. The van der Waals surface area contributed by atoms with E-state index in [1.54, 1.807) is 0 Å². The van der Waals surface area contributed by atoms with E-state index >= 15 is 0 Å². The fraction of sp³-hybridized carbons (Fsp3) is 0. The minimum Gasteiger partial charge on any atom is -0.239 e. The van der Waals surface area contributed by atoms with Gasteiger partial charge in [-0.25, -0.2) is 5.10 Å². The van der Waals surface area contributed by atoms with E-state index in [0.29, 0.717) is 5.82 Å². The quantitative estimate of drug-likeness (QED) is 0.722. The molecule has 17 heavy (non-hydrogen) atoms. The highest BCUT2D eigenvalue weighted by molar-refractivity contribution is 5.69. The Morgan fingerprint density at radius 3 is 2.53 bits per heavy atom. The lowest BCUT2D eigenvalue weighted by molar-refractivity contribution is 0.881. The van der Waals surface area contributed by atoms with Crippen molar-refractivity contribution in [3.8, 4) is 22.5 Å². The summed E-state index contributed by atoms with van der Waals surface area (Å²) < 4.78 is 0. The Bertz CT molecular complexity index is 602. The van der Waals surface area contributed by atoms with Crippen molar-refractivity contribution in [1.82, 2.24) is 20.6 Å². The highest BCUT2D eigenvalue weighted by Crippen LogP contribution is 2.23. The Labute approximate surface area is 98.3 Å². The third kappa shape index (κ3) is 1.92. The van der Waals surface area contributed by atoms with Gasteiger partial charge in [0.05, 0.1) is 0 Å². The normalized spacial score (nSPS) is 10.4. The first-order valence-corrected chi connectivity index (χ1v) is 5.24. The van der Waals surface area contributed by atoms with Crippen LogP contribution < -0.4 is 0 Å². The van der Waals surface area contributed by atoms with Gasteiger partial charge in [0.15, 0.2) is 5.82 Å². The van der Waals surface area contributed by atoms with Crippen LogP contribution in [0.25, 0.3) is 22.5 Å². The molecule has 2 aromatic carbocycles. The summed E-state index contributed by atoms with van der Waals surface area (Å²) in [6.45, 7) is 0. The summed E-state index contributed by atoms with van der Waals surface area (Å²) in [4.78, 5) is 0. The van der Waals surface area contributed by atoms with Gasteiger partial charge in [0.1, 0.15) is 0 Å². The summed E-state index contributed by atoms with van der Waals surface area (Å²) in [6, 6.07) is 19.1. The van der Waals surface area contributed by atoms with Crippen LogP contribution in [-0.4, -0.2) is 20.6 Å². The lowest BCUT2D eigenvalue weighted by atomic mass is 10.0. The van der Waals surface area contributed by atoms with Crippen molar-refractivity contribution in [2.75, 3.05) is 0 Å². The smallest absolute Gasteiger partial charge is 0.179 e. The summed E-state index contributed by atoms with van der Waals surface area (Å²) >= 11 is 0. The fourth-order valence-corrected chi connectivity index (χ4v) is 1.69. The molecule has 0 aliphatic heterocycles. The Morgan fingerprint density at radius 2 is 1.76 bits per heavy atom. The molecule has 0 unspecified atom stereocenters. The van der Waals surface area contributed by atoms with Gasteiger partial charge < -0.3 is 0 Å². The van der Waals surface area contributed by atoms with Crippen molar-refractivity contribution in [3.05, 3.63) is 54.6 Å². The molecule has 0 bridgehead atoms. The SMILES string of the molecule is [c]1cc(-c2ccccc2)cc(-c2nnn[nH]2)c1. The van der Waals surface area contributed by atoms with Crippen LogP contribution in [-0.2, 0) is 0 Å². The third-order valence-electron chi connectivity index (χ3n) is 2.51. The first-order chi connectivity index (χ1) is 8.43. The maximum atomic E-state index is 3.88. The molecule has 4 heteroatoms. The minimum absolute atomic E-state index is 0.652. The van der Waals surface area contributed by atoms with Gasteiger partial charge in [-0.1, -0.05) is 30.3 Å². The summed E-state index contributed by atoms with van der Waals surface area (Å²) in [5, 5.41) is 13.8. The highest BCUT2D eigenvalue weighted by Gasteiger charge is 2.03. The number of tetrazole rings is 1. The van der Waals surface area contributed by atoms with Crippen LogP contribution in [0.4, 0.5) is 0 Å². The molecule has 1 aromatic heterocycles. The van der Waals surface area contributed by atoms with Gasteiger partial charge in [0, 0.05) is 5.56 Å². The van der Waals surface area contributed by atoms with Gasteiger partial charge in [-0.15, -0.1) is 5.10 Å². The molecule has 3 aromatic rings. The van der Waals surface area contributed by atoms with Crippen LogP contribution in [0.5, 0.6) is 0 Å². The minimum atomic E-state index is 0.652. The van der Waals surface area contributed by atoms with E-state index in [-0.39, 0.29) is 0 Å². The maximum absolute atomic E-state index is 3.88. The van der Waals surface area contributed by atoms with Crippen molar-refractivity contribution < 1.29 is 0 Å². The molecule has 4 nitrogen and oxygen atoms in total. The number of aromatic amines is 1. The van der Waals surface area contributed by atoms with Gasteiger partial charge in [-0.05, 0) is 45.8 Å². The van der Waals surface area contributed by atoms with E-state index in [9.17, 15) is 0 Å². The van der Waals surface area contributed by atoms with Crippen LogP contribution in [0.3, 0.4) is 0 Å². The first kappa shape index (κ1) is 9.72. The molecule has 1 heterocycles. The van der Waals surface area contributed by atoms with Crippen LogP contribution in [0.1, 0.15) is 0 Å². The number of rotatable bonds is 2. The zero-order chi connectivity index (χ0) is 11.5. The van der Waals surface area contributed by atoms with E-state index in [1.807, 2.05) is 36.4 Å². The van der Waals surface area contributed by atoms with Gasteiger partial charge in [0.2, 0.25) is 0 Å². The third-order valence-corrected chi connectivity index (χ3v) is 2.51. The molecule has 0 saturated carbocycles. The molecule has 1 radical (unpaired) electrons. The molecular weight excluding hydrogens is 212 g/mol. The van der Waals surface area contributed by atoms with Gasteiger partial charge >= 0.3 is 0 Å².